The minimum absolute atomic E-state index is 0.0226. The maximum absolute atomic E-state index is 13.6. The maximum atomic E-state index is 13.6. The van der Waals surface area contributed by atoms with E-state index in [1.54, 1.807) is 4.90 Å². The van der Waals surface area contributed by atoms with Gasteiger partial charge in [-0.25, -0.2) is 9.37 Å². The van der Waals surface area contributed by atoms with Crippen molar-refractivity contribution in [2.75, 3.05) is 18.0 Å². The molecule has 3 nitrogen and oxygen atoms in total. The Kier molecular flexibility index (Phi) is 3.39. The fraction of sp³-hybridized carbons (Fsp3) is 0.455. The highest BCUT2D eigenvalue weighted by molar-refractivity contribution is 6.30. The molecule has 5 heteroatoms. The van der Waals surface area contributed by atoms with Crippen molar-refractivity contribution in [3.63, 3.8) is 0 Å². The standard InChI is InChI=1S/C11H12ClFN2O/c12-9-4-10(13)11(14-5-9)15-3-1-2-8(6-15)7-16/h4-5,7-8H,1-3,6H2. The Morgan fingerprint density at radius 2 is 2.44 bits per heavy atom. The Balaban J connectivity index is 2.19. The van der Waals surface area contributed by atoms with Crippen molar-refractivity contribution in [3.8, 4) is 0 Å². The van der Waals surface area contributed by atoms with Crippen molar-refractivity contribution in [3.05, 3.63) is 23.1 Å². The topological polar surface area (TPSA) is 33.2 Å². The van der Waals surface area contributed by atoms with Gasteiger partial charge >= 0.3 is 0 Å². The Hall–Kier alpha value is -1.16. The van der Waals surface area contributed by atoms with Crippen LogP contribution in [0.2, 0.25) is 5.02 Å². The largest absolute Gasteiger partial charge is 0.353 e. The molecule has 1 fully saturated rings. The summed E-state index contributed by atoms with van der Waals surface area (Å²) in [5.74, 6) is -0.166. The van der Waals surface area contributed by atoms with E-state index in [0.29, 0.717) is 6.54 Å². The van der Waals surface area contributed by atoms with Crippen molar-refractivity contribution in [1.82, 2.24) is 4.98 Å². The highest BCUT2D eigenvalue weighted by Gasteiger charge is 2.22. The molecule has 1 aliphatic heterocycles. The molecule has 16 heavy (non-hydrogen) atoms. The van der Waals surface area contributed by atoms with E-state index in [9.17, 15) is 9.18 Å². The Morgan fingerprint density at radius 3 is 3.12 bits per heavy atom. The van der Waals surface area contributed by atoms with Crippen LogP contribution in [0, 0.1) is 11.7 Å². The third-order valence-electron chi connectivity index (χ3n) is 2.74. The molecule has 2 rings (SSSR count). The van der Waals surface area contributed by atoms with Crippen LogP contribution in [-0.4, -0.2) is 24.4 Å². The zero-order chi connectivity index (χ0) is 11.5. The molecule has 1 saturated heterocycles. The quantitative estimate of drug-likeness (QED) is 0.746. The average Bonchev–Trinajstić information content (AvgIpc) is 2.29. The predicted molar refractivity (Wildman–Crippen MR) is 60.2 cm³/mol. The summed E-state index contributed by atoms with van der Waals surface area (Å²) in [5, 5.41) is 0.283. The number of pyridine rings is 1. The summed E-state index contributed by atoms with van der Waals surface area (Å²) in [6.07, 6.45) is 4.10. The minimum Gasteiger partial charge on any atom is -0.353 e. The van der Waals surface area contributed by atoms with E-state index < -0.39 is 5.82 Å². The van der Waals surface area contributed by atoms with Gasteiger partial charge in [-0.3, -0.25) is 0 Å². The zero-order valence-corrected chi connectivity index (χ0v) is 9.45. The zero-order valence-electron chi connectivity index (χ0n) is 8.70. The molecule has 0 saturated carbocycles. The molecule has 86 valence electrons. The van der Waals surface area contributed by atoms with Crippen LogP contribution in [0.4, 0.5) is 10.2 Å². The van der Waals surface area contributed by atoms with Gasteiger partial charge in [0, 0.05) is 25.2 Å². The van der Waals surface area contributed by atoms with Crippen LogP contribution in [0.25, 0.3) is 0 Å². The van der Waals surface area contributed by atoms with Gasteiger partial charge in [-0.1, -0.05) is 11.6 Å². The summed E-state index contributed by atoms with van der Waals surface area (Å²) in [6, 6.07) is 1.24. The van der Waals surface area contributed by atoms with E-state index in [-0.39, 0.29) is 16.8 Å². The van der Waals surface area contributed by atoms with Crippen LogP contribution in [0.3, 0.4) is 0 Å². The third kappa shape index (κ3) is 2.32. The summed E-state index contributed by atoms with van der Waals surface area (Å²) < 4.78 is 13.6. The second-order valence-electron chi connectivity index (χ2n) is 3.94. The molecule has 2 heterocycles. The summed E-state index contributed by atoms with van der Waals surface area (Å²) in [6.45, 7) is 1.27. The fourth-order valence-electron chi connectivity index (χ4n) is 1.95. The summed E-state index contributed by atoms with van der Waals surface area (Å²) in [5.41, 5.74) is 0. The number of nitrogens with zero attached hydrogens (tertiary/aromatic N) is 2. The summed E-state index contributed by atoms with van der Waals surface area (Å²) >= 11 is 5.63. The van der Waals surface area contributed by atoms with Gasteiger partial charge in [0.05, 0.1) is 5.02 Å². The normalized spacial score (nSPS) is 20.9. The lowest BCUT2D eigenvalue weighted by Gasteiger charge is -2.31. The van der Waals surface area contributed by atoms with Crippen LogP contribution in [-0.2, 0) is 4.79 Å². The highest BCUT2D eigenvalue weighted by Crippen LogP contribution is 2.24. The lowest BCUT2D eigenvalue weighted by Crippen LogP contribution is -2.37. The van der Waals surface area contributed by atoms with Gasteiger partial charge in [0.15, 0.2) is 11.6 Å². The number of piperidine rings is 1. The molecule has 0 spiro atoms. The van der Waals surface area contributed by atoms with E-state index in [4.69, 9.17) is 11.6 Å². The van der Waals surface area contributed by atoms with Gasteiger partial charge in [0.2, 0.25) is 0 Å². The molecule has 1 aromatic heterocycles. The van der Waals surface area contributed by atoms with Gasteiger partial charge in [-0.2, -0.15) is 0 Å². The van der Waals surface area contributed by atoms with E-state index in [2.05, 4.69) is 4.98 Å². The van der Waals surface area contributed by atoms with Crippen molar-refractivity contribution in [2.24, 2.45) is 5.92 Å². The first-order valence-corrected chi connectivity index (χ1v) is 5.60. The molecule has 0 amide bonds. The SMILES string of the molecule is O=CC1CCCN(c2ncc(Cl)cc2F)C1. The first kappa shape index (κ1) is 11.3. The van der Waals surface area contributed by atoms with Crippen molar-refractivity contribution in [2.45, 2.75) is 12.8 Å². The Labute approximate surface area is 98.2 Å². The van der Waals surface area contributed by atoms with Crippen LogP contribution in [0.1, 0.15) is 12.8 Å². The summed E-state index contributed by atoms with van der Waals surface area (Å²) in [7, 11) is 0. The number of rotatable bonds is 2. The Bertz CT molecular complexity index is 400. The number of hydrogen-bond acceptors (Lipinski definition) is 3. The molecule has 0 bridgehead atoms. The van der Waals surface area contributed by atoms with E-state index in [1.807, 2.05) is 0 Å². The van der Waals surface area contributed by atoms with Crippen LogP contribution >= 0.6 is 11.6 Å². The predicted octanol–water partition coefficient (Wildman–Crippen LogP) is 2.29. The first-order valence-electron chi connectivity index (χ1n) is 5.22. The van der Waals surface area contributed by atoms with Gasteiger partial charge in [-0.15, -0.1) is 0 Å². The third-order valence-corrected chi connectivity index (χ3v) is 2.94. The average molecular weight is 243 g/mol. The fourth-order valence-corrected chi connectivity index (χ4v) is 2.10. The molecule has 1 aromatic rings. The van der Waals surface area contributed by atoms with Gasteiger partial charge in [-0.05, 0) is 18.9 Å². The molecule has 0 aliphatic carbocycles. The second kappa shape index (κ2) is 4.78. The van der Waals surface area contributed by atoms with Gasteiger partial charge in [0.25, 0.3) is 0 Å². The number of carbonyl (C=O) groups is 1. The number of halogens is 2. The number of carbonyl (C=O) groups excluding carboxylic acids is 1. The molecular weight excluding hydrogens is 231 g/mol. The molecule has 0 aromatic carbocycles. The van der Waals surface area contributed by atoms with E-state index in [1.165, 1.54) is 12.3 Å². The molecule has 1 aliphatic rings. The van der Waals surface area contributed by atoms with Crippen LogP contribution in [0.5, 0.6) is 0 Å². The van der Waals surface area contributed by atoms with Crippen LogP contribution < -0.4 is 4.90 Å². The molecule has 0 radical (unpaired) electrons. The van der Waals surface area contributed by atoms with Crippen LogP contribution in [0.15, 0.2) is 12.3 Å². The Morgan fingerprint density at radius 1 is 1.62 bits per heavy atom. The summed E-state index contributed by atoms with van der Waals surface area (Å²) in [4.78, 5) is 16.5. The van der Waals surface area contributed by atoms with Crippen molar-refractivity contribution in [1.29, 1.82) is 0 Å². The van der Waals surface area contributed by atoms with E-state index in [0.717, 1.165) is 25.7 Å². The smallest absolute Gasteiger partial charge is 0.167 e. The monoisotopic (exact) mass is 242 g/mol. The second-order valence-corrected chi connectivity index (χ2v) is 4.38. The molecule has 1 unspecified atom stereocenters. The van der Waals surface area contributed by atoms with Crippen molar-refractivity contribution < 1.29 is 9.18 Å². The minimum atomic E-state index is -0.431. The number of anilines is 1. The molecule has 1 atom stereocenters. The van der Waals surface area contributed by atoms with E-state index >= 15 is 0 Å². The van der Waals surface area contributed by atoms with Gasteiger partial charge in [0.1, 0.15) is 6.29 Å². The number of aromatic nitrogens is 1. The lowest BCUT2D eigenvalue weighted by molar-refractivity contribution is -0.111. The van der Waals surface area contributed by atoms with Gasteiger partial charge < -0.3 is 9.69 Å². The number of hydrogen-bond donors (Lipinski definition) is 0. The first-order chi connectivity index (χ1) is 7.70. The number of aldehydes is 1. The highest BCUT2D eigenvalue weighted by atomic mass is 35.5. The molecule has 0 N–H and O–H groups in total. The lowest BCUT2D eigenvalue weighted by atomic mass is 10.00. The maximum Gasteiger partial charge on any atom is 0.167 e. The molecular formula is C11H12ClFN2O. The van der Waals surface area contributed by atoms with Crippen molar-refractivity contribution >= 4 is 23.7 Å².